The molecule has 3 N–H and O–H groups in total. The summed E-state index contributed by atoms with van der Waals surface area (Å²) < 4.78 is 0. The van der Waals surface area contributed by atoms with Crippen molar-refractivity contribution < 1.29 is 5.21 Å². The van der Waals surface area contributed by atoms with Crippen LogP contribution in [0.3, 0.4) is 0 Å². The van der Waals surface area contributed by atoms with Gasteiger partial charge in [0.1, 0.15) is 5.84 Å². The van der Waals surface area contributed by atoms with Gasteiger partial charge in [-0.1, -0.05) is 5.16 Å². The second-order valence-electron chi connectivity index (χ2n) is 0.591. The second-order valence-corrected chi connectivity index (χ2v) is 0.591. The van der Waals surface area contributed by atoms with Gasteiger partial charge in [-0.3, -0.25) is 0 Å². The predicted molar refractivity (Wildman–Crippen MR) is 18.8 cm³/mol. The summed E-state index contributed by atoms with van der Waals surface area (Å²) in [5, 5.41) is 10.0. The van der Waals surface area contributed by atoms with Crippen LogP contribution in [0.1, 0.15) is 0 Å². The van der Waals surface area contributed by atoms with Crippen molar-refractivity contribution in [3.63, 3.8) is 0 Å². The van der Waals surface area contributed by atoms with Crippen molar-refractivity contribution in [2.45, 2.75) is 0 Å². The van der Waals surface area contributed by atoms with Crippen LogP contribution in [0.4, 0.5) is 0 Å². The fourth-order valence-electron chi connectivity index (χ4n) is 0. The largest absolute Gasteiger partial charge is 0.409 e. The van der Waals surface area contributed by atoms with E-state index >= 15 is 0 Å². The number of oxime groups is 1. The normalized spacial score (nSPS) is 11.8. The SMILES string of the molecule is [CH2]/C(N)=N/O. The molecule has 0 aromatic carbocycles. The summed E-state index contributed by atoms with van der Waals surface area (Å²) in [6.45, 7) is 3.03. The summed E-state index contributed by atoms with van der Waals surface area (Å²) in [5.74, 6) is -0.0648. The van der Waals surface area contributed by atoms with E-state index in [1.54, 1.807) is 0 Å². The Labute approximate surface area is 30.1 Å². The predicted octanol–water partition coefficient (Wildman–Crippen LogP) is -0.433. The molecule has 0 heterocycles. The Bertz CT molecular complexity index is 45.6. The van der Waals surface area contributed by atoms with Crippen LogP contribution in [0, 0.1) is 6.92 Å². The molecule has 0 atom stereocenters. The van der Waals surface area contributed by atoms with Gasteiger partial charge in [-0.2, -0.15) is 0 Å². The second kappa shape index (κ2) is 1.58. The van der Waals surface area contributed by atoms with Crippen molar-refractivity contribution in [1.29, 1.82) is 0 Å². The zero-order valence-electron chi connectivity index (χ0n) is 2.68. The molecule has 0 aliphatic heterocycles. The minimum atomic E-state index is -0.0648. The molecular weight excluding hydrogens is 68.0 g/mol. The smallest absolute Gasteiger partial charge is 0.139 e. The number of amidine groups is 1. The van der Waals surface area contributed by atoms with E-state index in [0.717, 1.165) is 0 Å². The highest BCUT2D eigenvalue weighted by atomic mass is 16.4. The Morgan fingerprint density at radius 1 is 2.00 bits per heavy atom. The number of hydrogen-bond donors (Lipinski definition) is 2. The van der Waals surface area contributed by atoms with Crippen LogP contribution in [0.25, 0.3) is 0 Å². The molecule has 1 radical (unpaired) electrons. The Morgan fingerprint density at radius 3 is 2.20 bits per heavy atom. The maximum atomic E-state index is 7.54. The van der Waals surface area contributed by atoms with E-state index in [1.165, 1.54) is 0 Å². The molecule has 0 spiro atoms. The molecular formula is C2H5N2O. The van der Waals surface area contributed by atoms with Gasteiger partial charge >= 0.3 is 0 Å². The van der Waals surface area contributed by atoms with E-state index in [-0.39, 0.29) is 5.84 Å². The average molecular weight is 73.1 g/mol. The van der Waals surface area contributed by atoms with Gasteiger partial charge in [-0.05, 0) is 0 Å². The number of nitrogens with zero attached hydrogens (tertiary/aromatic N) is 1. The molecule has 0 rings (SSSR count). The van der Waals surface area contributed by atoms with Gasteiger partial charge in [0, 0.05) is 6.92 Å². The van der Waals surface area contributed by atoms with Crippen LogP contribution < -0.4 is 5.73 Å². The lowest BCUT2D eigenvalue weighted by atomic mass is 10.7. The first-order chi connectivity index (χ1) is 2.27. The Kier molecular flexibility index (Phi) is 1.35. The average Bonchev–Trinajstić information content (AvgIpc) is 1.38. The van der Waals surface area contributed by atoms with Gasteiger partial charge in [-0.25, -0.2) is 0 Å². The highest BCUT2D eigenvalue weighted by Gasteiger charge is 1.65. The first kappa shape index (κ1) is 4.27. The summed E-state index contributed by atoms with van der Waals surface area (Å²) in [6.07, 6.45) is 0. The standard InChI is InChI=1S/C2H5N2O/c1-2(3)4-5/h5H,1H2,(H2,3,4). The Morgan fingerprint density at radius 2 is 2.20 bits per heavy atom. The molecule has 0 aromatic heterocycles. The van der Waals surface area contributed by atoms with Crippen LogP contribution in [-0.4, -0.2) is 11.0 Å². The summed E-state index contributed by atoms with van der Waals surface area (Å²) >= 11 is 0. The molecule has 0 fully saturated rings. The third-order valence-corrected chi connectivity index (χ3v) is 0.128. The fourth-order valence-corrected chi connectivity index (χ4v) is 0. The van der Waals surface area contributed by atoms with Gasteiger partial charge in [0.25, 0.3) is 0 Å². The molecule has 29 valence electrons. The van der Waals surface area contributed by atoms with Crippen LogP contribution in [0.15, 0.2) is 5.16 Å². The lowest BCUT2D eigenvalue weighted by Gasteiger charge is -1.73. The van der Waals surface area contributed by atoms with Crippen LogP contribution in [0.5, 0.6) is 0 Å². The minimum absolute atomic E-state index is 0.0648. The summed E-state index contributed by atoms with van der Waals surface area (Å²) in [4.78, 5) is 0. The third-order valence-electron chi connectivity index (χ3n) is 0.128. The van der Waals surface area contributed by atoms with E-state index < -0.39 is 0 Å². The van der Waals surface area contributed by atoms with Crippen molar-refractivity contribution in [3.8, 4) is 0 Å². The van der Waals surface area contributed by atoms with Gasteiger partial charge < -0.3 is 10.9 Å². The van der Waals surface area contributed by atoms with Gasteiger partial charge in [0.2, 0.25) is 0 Å². The number of nitrogens with two attached hydrogens (primary N) is 1. The zero-order valence-corrected chi connectivity index (χ0v) is 2.68. The summed E-state index contributed by atoms with van der Waals surface area (Å²) in [7, 11) is 0. The summed E-state index contributed by atoms with van der Waals surface area (Å²) in [6, 6.07) is 0. The maximum Gasteiger partial charge on any atom is 0.139 e. The van der Waals surface area contributed by atoms with E-state index in [4.69, 9.17) is 5.21 Å². The van der Waals surface area contributed by atoms with E-state index in [0.29, 0.717) is 0 Å². The summed E-state index contributed by atoms with van der Waals surface area (Å²) in [5.41, 5.74) is 4.68. The molecule has 0 aliphatic carbocycles. The van der Waals surface area contributed by atoms with Crippen LogP contribution >= 0.6 is 0 Å². The lowest BCUT2D eigenvalue weighted by Crippen LogP contribution is -2.04. The molecule has 0 aliphatic rings. The highest BCUT2D eigenvalue weighted by molar-refractivity contribution is 5.83. The van der Waals surface area contributed by atoms with Crippen LogP contribution in [-0.2, 0) is 0 Å². The van der Waals surface area contributed by atoms with Gasteiger partial charge in [0.05, 0.1) is 0 Å². The minimum Gasteiger partial charge on any atom is -0.409 e. The molecule has 0 unspecified atom stereocenters. The highest BCUT2D eigenvalue weighted by Crippen LogP contribution is 1.50. The molecule has 0 bridgehead atoms. The third kappa shape index (κ3) is 3.27. The van der Waals surface area contributed by atoms with Crippen molar-refractivity contribution in [2.24, 2.45) is 10.9 Å². The van der Waals surface area contributed by atoms with E-state index in [9.17, 15) is 0 Å². The van der Waals surface area contributed by atoms with Crippen molar-refractivity contribution in [2.75, 3.05) is 0 Å². The molecule has 5 heavy (non-hydrogen) atoms. The van der Waals surface area contributed by atoms with Crippen LogP contribution in [0.2, 0.25) is 0 Å². The fraction of sp³-hybridized carbons (Fsp3) is 0. The molecule has 0 aromatic rings. The number of hydrogen-bond acceptors (Lipinski definition) is 2. The maximum absolute atomic E-state index is 7.54. The topological polar surface area (TPSA) is 58.6 Å². The molecule has 0 saturated carbocycles. The van der Waals surface area contributed by atoms with Crippen molar-refractivity contribution in [1.82, 2.24) is 0 Å². The molecule has 0 amide bonds. The van der Waals surface area contributed by atoms with Gasteiger partial charge in [0.15, 0.2) is 0 Å². The van der Waals surface area contributed by atoms with E-state index in [2.05, 4.69) is 17.8 Å². The van der Waals surface area contributed by atoms with Gasteiger partial charge in [-0.15, -0.1) is 0 Å². The molecule has 3 heteroatoms. The van der Waals surface area contributed by atoms with Crippen molar-refractivity contribution >= 4 is 5.84 Å². The molecule has 3 nitrogen and oxygen atoms in total. The zero-order chi connectivity index (χ0) is 4.28. The number of rotatable bonds is 0. The quantitative estimate of drug-likeness (QED) is 0.177. The van der Waals surface area contributed by atoms with E-state index in [1.807, 2.05) is 0 Å². The van der Waals surface area contributed by atoms with Crippen molar-refractivity contribution in [3.05, 3.63) is 6.92 Å². The lowest BCUT2D eigenvalue weighted by molar-refractivity contribution is 0.319. The molecule has 0 saturated heterocycles. The Balaban J connectivity index is 3.14. The first-order valence-electron chi connectivity index (χ1n) is 1.07. The monoisotopic (exact) mass is 73.0 g/mol. The first-order valence-corrected chi connectivity index (χ1v) is 1.07. The Hall–Kier alpha value is -0.730.